The Morgan fingerprint density at radius 1 is 1.23 bits per heavy atom. The summed E-state index contributed by atoms with van der Waals surface area (Å²) < 4.78 is 6.23. The van der Waals surface area contributed by atoms with Crippen molar-refractivity contribution in [2.24, 2.45) is 0 Å². The number of esters is 1. The molecule has 1 aromatic heterocycles. The summed E-state index contributed by atoms with van der Waals surface area (Å²) >= 11 is 0. The number of methoxy groups -OCH3 is 1. The second kappa shape index (κ2) is 7.38. The van der Waals surface area contributed by atoms with Crippen LogP contribution in [0, 0.1) is 0 Å². The number of carbonyl (C=O) groups excluding carboxylic acids is 2. The van der Waals surface area contributed by atoms with Crippen molar-refractivity contribution in [1.82, 2.24) is 14.7 Å². The molecule has 1 N–H and O–H groups in total. The molecule has 3 rings (SSSR count). The lowest BCUT2D eigenvalue weighted by atomic mass is 9.93. The van der Waals surface area contributed by atoms with Crippen molar-refractivity contribution in [3.8, 4) is 0 Å². The van der Waals surface area contributed by atoms with Crippen LogP contribution in [0.15, 0.2) is 36.5 Å². The zero-order valence-electron chi connectivity index (χ0n) is 14.3. The van der Waals surface area contributed by atoms with E-state index in [0.717, 1.165) is 11.1 Å². The van der Waals surface area contributed by atoms with E-state index in [1.54, 1.807) is 0 Å². The standard InChI is InChI=1S/C18H19N3O5/c1-26-18(25)15-10-12-4-2-3-5-13(12)11-20(15)17(24)14-6-8-19-21(14)9-7-16(22)23/h2-6,8,15H,7,9-11H2,1H3,(H,22,23). The predicted molar refractivity (Wildman–Crippen MR) is 90.3 cm³/mol. The maximum Gasteiger partial charge on any atom is 0.328 e. The fraction of sp³-hybridized carbons (Fsp3) is 0.333. The Bertz CT molecular complexity index is 845. The van der Waals surface area contributed by atoms with E-state index in [9.17, 15) is 14.4 Å². The van der Waals surface area contributed by atoms with Crippen LogP contribution < -0.4 is 0 Å². The molecule has 0 fully saturated rings. The number of nitrogens with zero attached hydrogens (tertiary/aromatic N) is 3. The normalized spacial score (nSPS) is 16.0. The van der Waals surface area contributed by atoms with Gasteiger partial charge in [-0.15, -0.1) is 0 Å². The molecule has 26 heavy (non-hydrogen) atoms. The number of hydrogen-bond acceptors (Lipinski definition) is 5. The lowest BCUT2D eigenvalue weighted by molar-refractivity contribution is -0.146. The van der Waals surface area contributed by atoms with Crippen molar-refractivity contribution in [1.29, 1.82) is 0 Å². The fourth-order valence-corrected chi connectivity index (χ4v) is 3.12. The quantitative estimate of drug-likeness (QED) is 0.804. The van der Waals surface area contributed by atoms with Gasteiger partial charge in [-0.05, 0) is 17.2 Å². The number of carboxylic acid groups (broad SMARTS) is 1. The van der Waals surface area contributed by atoms with Crippen molar-refractivity contribution in [3.63, 3.8) is 0 Å². The van der Waals surface area contributed by atoms with Crippen LogP contribution in [0.4, 0.5) is 0 Å². The summed E-state index contributed by atoms with van der Waals surface area (Å²) in [7, 11) is 1.29. The molecule has 0 bridgehead atoms. The number of carboxylic acids is 1. The van der Waals surface area contributed by atoms with Gasteiger partial charge >= 0.3 is 11.9 Å². The van der Waals surface area contributed by atoms with E-state index in [1.165, 1.54) is 29.0 Å². The van der Waals surface area contributed by atoms with Crippen LogP contribution in [0.1, 0.15) is 28.0 Å². The topological polar surface area (TPSA) is 102 Å². The smallest absolute Gasteiger partial charge is 0.328 e. The highest BCUT2D eigenvalue weighted by Crippen LogP contribution is 2.25. The number of aliphatic carboxylic acids is 1. The Kier molecular flexibility index (Phi) is 5.01. The van der Waals surface area contributed by atoms with Crippen molar-refractivity contribution < 1.29 is 24.2 Å². The van der Waals surface area contributed by atoms with Gasteiger partial charge in [0.1, 0.15) is 11.7 Å². The predicted octanol–water partition coefficient (Wildman–Crippen LogP) is 1.10. The van der Waals surface area contributed by atoms with Crippen LogP contribution in [0.25, 0.3) is 0 Å². The average molecular weight is 357 g/mol. The van der Waals surface area contributed by atoms with Crippen LogP contribution in [-0.4, -0.2) is 50.8 Å². The molecule has 0 radical (unpaired) electrons. The number of fused-ring (bicyclic) bond motifs is 1. The minimum Gasteiger partial charge on any atom is -0.481 e. The molecule has 8 heteroatoms. The number of ether oxygens (including phenoxy) is 1. The summed E-state index contributed by atoms with van der Waals surface area (Å²) in [6, 6.07) is 8.43. The van der Waals surface area contributed by atoms with E-state index < -0.39 is 18.0 Å². The fourth-order valence-electron chi connectivity index (χ4n) is 3.12. The summed E-state index contributed by atoms with van der Waals surface area (Å²) in [5.74, 6) is -1.83. The average Bonchev–Trinajstić information content (AvgIpc) is 3.12. The van der Waals surface area contributed by atoms with E-state index in [4.69, 9.17) is 9.84 Å². The first kappa shape index (κ1) is 17.7. The zero-order chi connectivity index (χ0) is 18.7. The second-order valence-electron chi connectivity index (χ2n) is 6.03. The van der Waals surface area contributed by atoms with E-state index in [0.29, 0.717) is 6.42 Å². The van der Waals surface area contributed by atoms with E-state index in [-0.39, 0.29) is 31.1 Å². The molecule has 8 nitrogen and oxygen atoms in total. The second-order valence-corrected chi connectivity index (χ2v) is 6.03. The molecule has 1 aliphatic rings. The maximum absolute atomic E-state index is 13.1. The number of aryl methyl sites for hydroxylation is 1. The third-order valence-corrected chi connectivity index (χ3v) is 4.46. The first-order valence-corrected chi connectivity index (χ1v) is 8.20. The van der Waals surface area contributed by atoms with Gasteiger partial charge in [0.2, 0.25) is 0 Å². The van der Waals surface area contributed by atoms with Crippen LogP contribution >= 0.6 is 0 Å². The number of rotatable bonds is 5. The molecule has 0 saturated heterocycles. The van der Waals surface area contributed by atoms with Crippen LogP contribution in [0.2, 0.25) is 0 Å². The summed E-state index contributed by atoms with van der Waals surface area (Å²) in [6.07, 6.45) is 1.67. The van der Waals surface area contributed by atoms with Crippen LogP contribution in [-0.2, 0) is 33.8 Å². The number of aromatic nitrogens is 2. The minimum absolute atomic E-state index is 0.0801. The Morgan fingerprint density at radius 2 is 1.96 bits per heavy atom. The largest absolute Gasteiger partial charge is 0.481 e. The van der Waals surface area contributed by atoms with Gasteiger partial charge in [0, 0.05) is 19.2 Å². The lowest BCUT2D eigenvalue weighted by Crippen LogP contribution is -2.49. The molecule has 0 aliphatic carbocycles. The van der Waals surface area contributed by atoms with Gasteiger partial charge in [-0.3, -0.25) is 14.3 Å². The molecule has 1 aromatic carbocycles. The molecule has 0 spiro atoms. The van der Waals surface area contributed by atoms with Gasteiger partial charge in [-0.2, -0.15) is 5.10 Å². The van der Waals surface area contributed by atoms with Crippen LogP contribution in [0.5, 0.6) is 0 Å². The Hall–Kier alpha value is -3.16. The van der Waals surface area contributed by atoms with Gasteiger partial charge < -0.3 is 14.7 Å². The highest BCUT2D eigenvalue weighted by atomic mass is 16.5. The SMILES string of the molecule is COC(=O)C1Cc2ccccc2CN1C(=O)c1ccnn1CCC(=O)O. The zero-order valence-corrected chi connectivity index (χ0v) is 14.3. The molecule has 0 saturated carbocycles. The Morgan fingerprint density at radius 3 is 2.65 bits per heavy atom. The molecular weight excluding hydrogens is 338 g/mol. The Labute approximate surface area is 150 Å². The van der Waals surface area contributed by atoms with Crippen molar-refractivity contribution in [2.45, 2.75) is 32.0 Å². The number of carbonyl (C=O) groups is 3. The van der Waals surface area contributed by atoms with Crippen molar-refractivity contribution in [3.05, 3.63) is 53.3 Å². The summed E-state index contributed by atoms with van der Waals surface area (Å²) in [5.41, 5.74) is 2.23. The summed E-state index contributed by atoms with van der Waals surface area (Å²) in [4.78, 5) is 37.6. The molecule has 1 atom stereocenters. The van der Waals surface area contributed by atoms with Gasteiger partial charge in [0.15, 0.2) is 0 Å². The van der Waals surface area contributed by atoms with Gasteiger partial charge in [0.05, 0.1) is 20.1 Å². The summed E-state index contributed by atoms with van der Waals surface area (Å²) in [5, 5.41) is 12.9. The maximum atomic E-state index is 13.1. The molecule has 2 heterocycles. The molecule has 2 aromatic rings. The minimum atomic E-state index is -0.974. The molecule has 1 unspecified atom stereocenters. The highest BCUT2D eigenvalue weighted by molar-refractivity contribution is 5.95. The lowest BCUT2D eigenvalue weighted by Gasteiger charge is -2.35. The van der Waals surface area contributed by atoms with Crippen molar-refractivity contribution >= 4 is 17.8 Å². The molecular formula is C18H19N3O5. The number of hydrogen-bond donors (Lipinski definition) is 1. The molecule has 1 aliphatic heterocycles. The highest BCUT2D eigenvalue weighted by Gasteiger charge is 2.36. The molecule has 1 amide bonds. The monoisotopic (exact) mass is 357 g/mol. The van der Waals surface area contributed by atoms with Gasteiger partial charge in [-0.1, -0.05) is 24.3 Å². The van der Waals surface area contributed by atoms with Crippen molar-refractivity contribution in [2.75, 3.05) is 7.11 Å². The Balaban J connectivity index is 1.90. The third kappa shape index (κ3) is 3.44. The van der Waals surface area contributed by atoms with Gasteiger partial charge in [-0.25, -0.2) is 4.79 Å². The first-order valence-electron chi connectivity index (χ1n) is 8.20. The van der Waals surface area contributed by atoms with E-state index >= 15 is 0 Å². The summed E-state index contributed by atoms with van der Waals surface area (Å²) in [6.45, 7) is 0.357. The van der Waals surface area contributed by atoms with E-state index in [2.05, 4.69) is 5.10 Å². The van der Waals surface area contributed by atoms with E-state index in [1.807, 2.05) is 24.3 Å². The van der Waals surface area contributed by atoms with Gasteiger partial charge in [0.25, 0.3) is 5.91 Å². The molecule has 136 valence electrons. The number of benzene rings is 1. The van der Waals surface area contributed by atoms with Crippen LogP contribution in [0.3, 0.4) is 0 Å². The first-order chi connectivity index (χ1) is 12.5. The number of amides is 1. The third-order valence-electron chi connectivity index (χ3n) is 4.46.